The van der Waals surface area contributed by atoms with Gasteiger partial charge in [0.1, 0.15) is 0 Å². The third-order valence-corrected chi connectivity index (χ3v) is 0.969. The van der Waals surface area contributed by atoms with Crippen molar-refractivity contribution in [3.63, 3.8) is 0 Å². The molecule has 0 unspecified atom stereocenters. The number of hydrogen-bond donors (Lipinski definition) is 2. The molecule has 12 heavy (non-hydrogen) atoms. The SMILES string of the molecule is O=C(CCC(=O)C(=O)OO)OO. The summed E-state index contributed by atoms with van der Waals surface area (Å²) in [7, 11) is 0. The van der Waals surface area contributed by atoms with Crippen LogP contribution in [0.5, 0.6) is 0 Å². The van der Waals surface area contributed by atoms with E-state index < -0.39 is 30.6 Å². The number of ketones is 1. The van der Waals surface area contributed by atoms with Gasteiger partial charge >= 0.3 is 11.9 Å². The minimum atomic E-state index is -1.46. The van der Waals surface area contributed by atoms with Gasteiger partial charge in [-0.2, -0.15) is 10.5 Å². The zero-order valence-electron chi connectivity index (χ0n) is 5.85. The van der Waals surface area contributed by atoms with E-state index in [1.807, 2.05) is 0 Å². The van der Waals surface area contributed by atoms with E-state index in [1.54, 1.807) is 0 Å². The molecular weight excluding hydrogens is 172 g/mol. The maximum atomic E-state index is 10.5. The van der Waals surface area contributed by atoms with Crippen molar-refractivity contribution in [2.45, 2.75) is 12.8 Å². The maximum Gasteiger partial charge on any atom is 0.408 e. The van der Waals surface area contributed by atoms with Crippen molar-refractivity contribution in [3.05, 3.63) is 0 Å². The van der Waals surface area contributed by atoms with E-state index in [4.69, 9.17) is 10.5 Å². The second kappa shape index (κ2) is 5.22. The number of carbonyl (C=O) groups excluding carboxylic acids is 3. The summed E-state index contributed by atoms with van der Waals surface area (Å²) in [4.78, 5) is 37.1. The van der Waals surface area contributed by atoms with Gasteiger partial charge in [0.05, 0.1) is 6.42 Å². The number of Topliss-reactive ketones (excluding diaryl/α,β-unsaturated/α-hetero) is 1. The quantitative estimate of drug-likeness (QED) is 0.335. The maximum absolute atomic E-state index is 10.5. The van der Waals surface area contributed by atoms with Crippen LogP contribution in [0.25, 0.3) is 0 Å². The molecule has 0 radical (unpaired) electrons. The fourth-order valence-electron chi connectivity index (χ4n) is 0.414. The minimum Gasteiger partial charge on any atom is -0.301 e. The third-order valence-electron chi connectivity index (χ3n) is 0.969. The molecule has 7 heteroatoms. The summed E-state index contributed by atoms with van der Waals surface area (Å²) in [6.45, 7) is 0. The van der Waals surface area contributed by atoms with Gasteiger partial charge in [0, 0.05) is 6.42 Å². The van der Waals surface area contributed by atoms with Crippen LogP contribution in [0.3, 0.4) is 0 Å². The zero-order valence-corrected chi connectivity index (χ0v) is 5.85. The molecule has 0 aliphatic heterocycles. The largest absolute Gasteiger partial charge is 0.408 e. The van der Waals surface area contributed by atoms with Crippen LogP contribution in [-0.4, -0.2) is 28.2 Å². The minimum absolute atomic E-state index is 0.454. The van der Waals surface area contributed by atoms with Crippen LogP contribution in [0.2, 0.25) is 0 Å². The Morgan fingerprint density at radius 1 is 1.00 bits per heavy atom. The van der Waals surface area contributed by atoms with Gasteiger partial charge in [-0.05, 0) is 0 Å². The van der Waals surface area contributed by atoms with Crippen molar-refractivity contribution in [1.82, 2.24) is 0 Å². The standard InChI is InChI=1S/C5H6O7/c6-3(5(8)12-10)1-2-4(7)11-9/h9-10H,1-2H2. The molecule has 0 heterocycles. The predicted octanol–water partition coefficient (Wildman–Crippen LogP) is -0.632. The lowest BCUT2D eigenvalue weighted by molar-refractivity contribution is -0.235. The van der Waals surface area contributed by atoms with Crippen LogP contribution in [0, 0.1) is 0 Å². The monoisotopic (exact) mass is 178 g/mol. The molecule has 0 aromatic rings. The summed E-state index contributed by atoms with van der Waals surface area (Å²) in [6.07, 6.45) is -0.941. The lowest BCUT2D eigenvalue weighted by Crippen LogP contribution is -2.17. The molecule has 0 bridgehead atoms. The van der Waals surface area contributed by atoms with Gasteiger partial charge in [0.25, 0.3) is 0 Å². The van der Waals surface area contributed by atoms with Crippen molar-refractivity contribution in [2.24, 2.45) is 0 Å². The number of rotatable bonds is 4. The average molecular weight is 178 g/mol. The van der Waals surface area contributed by atoms with Gasteiger partial charge in [-0.3, -0.25) is 9.68 Å². The highest BCUT2D eigenvalue weighted by Gasteiger charge is 2.17. The average Bonchev–Trinajstić information content (AvgIpc) is 2.11. The van der Waals surface area contributed by atoms with Gasteiger partial charge in [0.15, 0.2) is 0 Å². The Hall–Kier alpha value is -1.47. The Labute approximate surface area is 66.4 Å². The van der Waals surface area contributed by atoms with Crippen molar-refractivity contribution in [3.8, 4) is 0 Å². The molecular formula is C5H6O7. The van der Waals surface area contributed by atoms with Crippen molar-refractivity contribution >= 4 is 17.7 Å². The van der Waals surface area contributed by atoms with E-state index in [2.05, 4.69) is 9.78 Å². The van der Waals surface area contributed by atoms with Crippen molar-refractivity contribution in [2.75, 3.05) is 0 Å². The van der Waals surface area contributed by atoms with Gasteiger partial charge in [-0.15, -0.1) is 0 Å². The Bertz CT molecular complexity index is 196. The fraction of sp³-hybridized carbons (Fsp3) is 0.400. The second-order valence-electron chi connectivity index (χ2n) is 1.77. The summed E-state index contributed by atoms with van der Waals surface area (Å²) in [6, 6.07) is 0. The highest BCUT2D eigenvalue weighted by atomic mass is 17.1. The molecule has 68 valence electrons. The summed E-state index contributed by atoms with van der Waals surface area (Å²) < 4.78 is 0. The van der Waals surface area contributed by atoms with Crippen molar-refractivity contribution < 1.29 is 34.7 Å². The van der Waals surface area contributed by atoms with Crippen LogP contribution < -0.4 is 0 Å². The third kappa shape index (κ3) is 3.64. The molecule has 0 aliphatic rings. The lowest BCUT2D eigenvalue weighted by Gasteiger charge is -1.94. The van der Waals surface area contributed by atoms with Gasteiger partial charge < -0.3 is 4.89 Å². The highest BCUT2D eigenvalue weighted by molar-refractivity contribution is 6.33. The van der Waals surface area contributed by atoms with Crippen LogP contribution in [0.4, 0.5) is 0 Å². The van der Waals surface area contributed by atoms with Crippen LogP contribution >= 0.6 is 0 Å². The first-order valence-electron chi connectivity index (χ1n) is 2.84. The molecule has 0 aromatic carbocycles. The Morgan fingerprint density at radius 2 is 1.58 bits per heavy atom. The first-order valence-corrected chi connectivity index (χ1v) is 2.84. The molecule has 0 fully saturated rings. The smallest absolute Gasteiger partial charge is 0.301 e. The molecule has 0 aliphatic carbocycles. The molecule has 7 nitrogen and oxygen atoms in total. The molecule has 0 atom stereocenters. The van der Waals surface area contributed by atoms with Crippen LogP contribution in [-0.2, 0) is 24.2 Å². The van der Waals surface area contributed by atoms with Gasteiger partial charge in [0.2, 0.25) is 5.78 Å². The summed E-state index contributed by atoms with van der Waals surface area (Å²) in [5.41, 5.74) is 0. The Kier molecular flexibility index (Phi) is 4.58. The number of carbonyl (C=O) groups is 3. The van der Waals surface area contributed by atoms with E-state index in [9.17, 15) is 14.4 Å². The fourth-order valence-corrected chi connectivity index (χ4v) is 0.414. The van der Waals surface area contributed by atoms with Gasteiger partial charge in [-0.25, -0.2) is 9.59 Å². The molecule has 0 saturated heterocycles. The van der Waals surface area contributed by atoms with E-state index in [0.717, 1.165) is 0 Å². The second-order valence-corrected chi connectivity index (χ2v) is 1.77. The van der Waals surface area contributed by atoms with Crippen molar-refractivity contribution in [1.29, 1.82) is 0 Å². The normalized spacial score (nSPS) is 8.83. The first-order chi connectivity index (χ1) is 5.61. The zero-order chi connectivity index (χ0) is 9.56. The topological polar surface area (TPSA) is 110 Å². The lowest BCUT2D eigenvalue weighted by atomic mass is 10.2. The van der Waals surface area contributed by atoms with E-state index in [-0.39, 0.29) is 0 Å². The summed E-state index contributed by atoms with van der Waals surface area (Å²) in [5, 5.41) is 15.4. The summed E-state index contributed by atoms with van der Waals surface area (Å²) in [5.74, 6) is -3.59. The Balaban J connectivity index is 3.72. The number of hydrogen-bond acceptors (Lipinski definition) is 7. The predicted molar refractivity (Wildman–Crippen MR) is 31.7 cm³/mol. The van der Waals surface area contributed by atoms with Crippen LogP contribution in [0.15, 0.2) is 0 Å². The van der Waals surface area contributed by atoms with E-state index in [0.29, 0.717) is 0 Å². The van der Waals surface area contributed by atoms with Gasteiger partial charge in [-0.1, -0.05) is 0 Å². The molecule has 0 saturated carbocycles. The molecule has 2 N–H and O–H groups in total. The van der Waals surface area contributed by atoms with E-state index >= 15 is 0 Å². The first kappa shape index (κ1) is 10.5. The molecule has 0 aromatic heterocycles. The summed E-state index contributed by atoms with van der Waals surface area (Å²) >= 11 is 0. The molecule has 0 rings (SSSR count). The molecule has 0 amide bonds. The van der Waals surface area contributed by atoms with Crippen LogP contribution in [0.1, 0.15) is 12.8 Å². The highest BCUT2D eigenvalue weighted by Crippen LogP contribution is 1.94. The Morgan fingerprint density at radius 3 is 2.00 bits per heavy atom. The van der Waals surface area contributed by atoms with E-state index in [1.165, 1.54) is 0 Å². The molecule has 0 spiro atoms.